The topological polar surface area (TPSA) is 118 Å². The van der Waals surface area contributed by atoms with Crippen molar-refractivity contribution in [2.24, 2.45) is 0 Å². The second-order valence-corrected chi connectivity index (χ2v) is 6.22. The molecule has 1 rings (SSSR count). The zero-order valence-electron chi connectivity index (χ0n) is 13.8. The van der Waals surface area contributed by atoms with Crippen LogP contribution < -0.4 is 4.74 Å². The van der Waals surface area contributed by atoms with Crippen LogP contribution in [0.15, 0.2) is 24.8 Å². The van der Waals surface area contributed by atoms with Gasteiger partial charge in [-0.25, -0.2) is 4.79 Å². The van der Waals surface area contributed by atoms with Crippen molar-refractivity contribution >= 4 is 26.9 Å². The van der Waals surface area contributed by atoms with Gasteiger partial charge in [0.15, 0.2) is 10.6 Å². The van der Waals surface area contributed by atoms with Gasteiger partial charge in [-0.05, 0) is 44.7 Å². The molecule has 136 valence electrons. The van der Waals surface area contributed by atoms with Crippen molar-refractivity contribution in [1.82, 2.24) is 0 Å². The Bertz CT molecular complexity index is 799. The van der Waals surface area contributed by atoms with E-state index in [1.54, 1.807) is 12.1 Å². The van der Waals surface area contributed by atoms with E-state index in [2.05, 4.69) is 6.58 Å². The minimum atomic E-state index is -2.74. The fourth-order valence-corrected chi connectivity index (χ4v) is 2.66. The van der Waals surface area contributed by atoms with Gasteiger partial charge in [-0.1, -0.05) is 6.08 Å². The van der Waals surface area contributed by atoms with Crippen molar-refractivity contribution in [3.05, 3.63) is 35.9 Å². The molecule has 0 saturated heterocycles. The zero-order chi connectivity index (χ0) is 19.0. The standard InChI is InChI=1S/C17H20O7S/c1-3-6-13-14(9-8-12(11(2)18)16(13)19)24-10-5-4-7-15(17(20)21)25(22)23/h3,8-9,19H,1,4-7,10H2,2H3,(H,20,21). The molecule has 0 aliphatic rings. The van der Waals surface area contributed by atoms with E-state index in [0.29, 0.717) is 30.6 Å². The summed E-state index contributed by atoms with van der Waals surface area (Å²) in [5.74, 6) is -1.46. The van der Waals surface area contributed by atoms with Gasteiger partial charge in [0.1, 0.15) is 11.5 Å². The van der Waals surface area contributed by atoms with E-state index in [9.17, 15) is 23.1 Å². The molecule has 0 saturated carbocycles. The number of ketones is 1. The second kappa shape index (κ2) is 9.63. The molecule has 0 amide bonds. The van der Waals surface area contributed by atoms with Crippen molar-refractivity contribution in [1.29, 1.82) is 0 Å². The zero-order valence-corrected chi connectivity index (χ0v) is 14.6. The molecule has 0 aromatic heterocycles. The number of benzene rings is 1. The molecule has 0 heterocycles. The molecule has 1 aromatic carbocycles. The number of carbonyl (C=O) groups excluding carboxylic acids is 1. The summed E-state index contributed by atoms with van der Waals surface area (Å²) in [6.45, 7) is 5.17. The normalized spacial score (nSPS) is 10.1. The van der Waals surface area contributed by atoms with Crippen molar-refractivity contribution in [3.63, 3.8) is 0 Å². The number of ether oxygens (including phenoxy) is 1. The number of phenols is 1. The largest absolute Gasteiger partial charge is 0.507 e. The first-order chi connectivity index (χ1) is 11.8. The van der Waals surface area contributed by atoms with E-state index < -0.39 is 21.1 Å². The molecule has 25 heavy (non-hydrogen) atoms. The van der Waals surface area contributed by atoms with Crippen molar-refractivity contribution in [3.8, 4) is 11.5 Å². The van der Waals surface area contributed by atoms with Gasteiger partial charge in [0.2, 0.25) is 10.3 Å². The number of Topliss-reactive ketones (excluding diaryl/α,β-unsaturated/α-hetero) is 1. The maximum absolute atomic E-state index is 11.5. The average molecular weight is 368 g/mol. The van der Waals surface area contributed by atoms with E-state index in [4.69, 9.17) is 9.84 Å². The summed E-state index contributed by atoms with van der Waals surface area (Å²) < 4.78 is 27.1. The maximum Gasteiger partial charge on any atom is 0.347 e. The summed E-state index contributed by atoms with van der Waals surface area (Å²) in [5, 5.41) is 18.9. The number of aliphatic carboxylic acids is 1. The van der Waals surface area contributed by atoms with E-state index >= 15 is 0 Å². The van der Waals surface area contributed by atoms with Gasteiger partial charge in [-0.2, -0.15) is 8.42 Å². The first kappa shape index (κ1) is 20.4. The molecule has 0 aliphatic carbocycles. The van der Waals surface area contributed by atoms with Crippen LogP contribution in [0.2, 0.25) is 0 Å². The minimum Gasteiger partial charge on any atom is -0.507 e. The summed E-state index contributed by atoms with van der Waals surface area (Å²) in [7, 11) is -2.74. The number of allylic oxidation sites excluding steroid dienone is 1. The highest BCUT2D eigenvalue weighted by Crippen LogP contribution is 2.32. The lowest BCUT2D eigenvalue weighted by Crippen LogP contribution is -2.14. The molecule has 0 radical (unpaired) electrons. The van der Waals surface area contributed by atoms with Crippen LogP contribution >= 0.6 is 0 Å². The number of phenolic OH excluding ortho intramolecular Hbond substituents is 1. The number of carbonyl (C=O) groups is 2. The summed E-state index contributed by atoms with van der Waals surface area (Å²) in [6.07, 6.45) is 2.56. The summed E-state index contributed by atoms with van der Waals surface area (Å²) >= 11 is 0. The molecule has 7 nitrogen and oxygen atoms in total. The predicted molar refractivity (Wildman–Crippen MR) is 92.9 cm³/mol. The molecule has 2 N–H and O–H groups in total. The summed E-state index contributed by atoms with van der Waals surface area (Å²) in [6, 6.07) is 3.05. The first-order valence-corrected chi connectivity index (χ1v) is 8.64. The van der Waals surface area contributed by atoms with Crippen LogP contribution in [0.4, 0.5) is 0 Å². The molecular formula is C17H20O7S. The van der Waals surface area contributed by atoms with Gasteiger partial charge in [0.25, 0.3) is 0 Å². The van der Waals surface area contributed by atoms with Gasteiger partial charge >= 0.3 is 5.97 Å². The van der Waals surface area contributed by atoms with Gasteiger partial charge in [0, 0.05) is 5.56 Å². The third kappa shape index (κ3) is 5.75. The Kier molecular flexibility index (Phi) is 7.87. The van der Waals surface area contributed by atoms with Gasteiger partial charge in [-0.3, -0.25) is 4.79 Å². The van der Waals surface area contributed by atoms with Crippen molar-refractivity contribution in [2.45, 2.75) is 32.6 Å². The highest BCUT2D eigenvalue weighted by atomic mass is 32.2. The fourth-order valence-electron chi connectivity index (χ4n) is 2.21. The van der Waals surface area contributed by atoms with Crippen LogP contribution in [0.3, 0.4) is 0 Å². The third-order valence-electron chi connectivity index (χ3n) is 3.46. The maximum atomic E-state index is 11.5. The number of carboxylic acid groups (broad SMARTS) is 1. The number of carboxylic acids is 1. The summed E-state index contributed by atoms with van der Waals surface area (Å²) in [5.41, 5.74) is 0.643. The van der Waals surface area contributed by atoms with E-state index in [1.807, 2.05) is 0 Å². The lowest BCUT2D eigenvalue weighted by molar-refractivity contribution is -0.129. The number of hydrogen-bond donors (Lipinski definition) is 2. The molecule has 0 aliphatic heterocycles. The Morgan fingerprint density at radius 2 is 1.96 bits per heavy atom. The van der Waals surface area contributed by atoms with E-state index in [0.717, 1.165) is 0 Å². The smallest absolute Gasteiger partial charge is 0.347 e. The molecule has 0 atom stereocenters. The van der Waals surface area contributed by atoms with Gasteiger partial charge in [0.05, 0.1) is 12.2 Å². The monoisotopic (exact) mass is 368 g/mol. The van der Waals surface area contributed by atoms with Crippen LogP contribution in [-0.4, -0.2) is 41.9 Å². The fraction of sp³-hybridized carbons (Fsp3) is 0.353. The summed E-state index contributed by atoms with van der Waals surface area (Å²) in [4.78, 5) is 21.7. The van der Waals surface area contributed by atoms with E-state index in [-0.39, 0.29) is 30.1 Å². The first-order valence-electron chi connectivity index (χ1n) is 7.57. The Morgan fingerprint density at radius 3 is 2.48 bits per heavy atom. The highest BCUT2D eigenvalue weighted by Gasteiger charge is 2.15. The minimum absolute atomic E-state index is 0.0805. The molecule has 1 aromatic rings. The SMILES string of the molecule is C=CCc1c(OCCCCC(C(=O)O)=S(=O)=O)ccc(C(C)=O)c1O. The van der Waals surface area contributed by atoms with Crippen LogP contribution in [0.1, 0.15) is 42.1 Å². The molecule has 0 bridgehead atoms. The van der Waals surface area contributed by atoms with Gasteiger partial charge < -0.3 is 14.9 Å². The number of hydrogen-bond acceptors (Lipinski definition) is 6. The highest BCUT2D eigenvalue weighted by molar-refractivity contribution is 7.74. The van der Waals surface area contributed by atoms with E-state index in [1.165, 1.54) is 13.0 Å². The molecule has 0 unspecified atom stereocenters. The molecular weight excluding hydrogens is 348 g/mol. The molecule has 0 fully saturated rings. The van der Waals surface area contributed by atoms with Crippen LogP contribution in [0, 0.1) is 0 Å². The van der Waals surface area contributed by atoms with Crippen LogP contribution in [0.25, 0.3) is 0 Å². The van der Waals surface area contributed by atoms with Crippen LogP contribution in [0.5, 0.6) is 11.5 Å². The number of rotatable bonds is 10. The molecule has 0 spiro atoms. The lowest BCUT2D eigenvalue weighted by atomic mass is 10.0. The predicted octanol–water partition coefficient (Wildman–Crippen LogP) is 2.01. The Balaban J connectivity index is 2.73. The average Bonchev–Trinajstić information content (AvgIpc) is 2.52. The quantitative estimate of drug-likeness (QED) is 0.281. The number of aromatic hydroxyl groups is 1. The Morgan fingerprint density at radius 1 is 1.28 bits per heavy atom. The van der Waals surface area contributed by atoms with Crippen molar-refractivity contribution in [2.75, 3.05) is 6.61 Å². The third-order valence-corrected chi connectivity index (χ3v) is 4.24. The van der Waals surface area contributed by atoms with Crippen molar-refractivity contribution < 1.29 is 33.0 Å². The van der Waals surface area contributed by atoms with Crippen LogP contribution in [-0.2, 0) is 21.5 Å². The molecule has 8 heteroatoms. The number of unbranched alkanes of at least 4 members (excludes halogenated alkanes) is 1. The Labute approximate surface area is 147 Å². The lowest BCUT2D eigenvalue weighted by Gasteiger charge is -2.14. The van der Waals surface area contributed by atoms with Gasteiger partial charge in [-0.15, -0.1) is 6.58 Å². The Hall–Kier alpha value is -2.61. The second-order valence-electron chi connectivity index (χ2n) is 5.26.